The molecule has 0 N–H and O–H groups in total. The Morgan fingerprint density at radius 2 is 1.67 bits per heavy atom. The second kappa shape index (κ2) is 2.00. The predicted molar refractivity (Wildman–Crippen MR) is 39.2 cm³/mol. The Bertz CT molecular complexity index is 98.6. The second-order valence-electron chi connectivity index (χ2n) is 3.99. The lowest BCUT2D eigenvalue weighted by Crippen LogP contribution is -2.29. The highest BCUT2D eigenvalue weighted by Crippen LogP contribution is 2.44. The zero-order valence-corrected chi connectivity index (χ0v) is 6.27. The quantitative estimate of drug-likeness (QED) is 0.466. The van der Waals surface area contributed by atoms with Gasteiger partial charge in [0.25, 0.3) is 0 Å². The van der Waals surface area contributed by atoms with Gasteiger partial charge in [-0.1, -0.05) is 19.8 Å². The summed E-state index contributed by atoms with van der Waals surface area (Å²) in [4.78, 5) is 0. The lowest BCUT2D eigenvalue weighted by atomic mass is 9.65. The summed E-state index contributed by atoms with van der Waals surface area (Å²) in [5.74, 6) is 3.32. The van der Waals surface area contributed by atoms with Crippen molar-refractivity contribution in [3.8, 4) is 0 Å². The van der Waals surface area contributed by atoms with Crippen LogP contribution in [-0.4, -0.2) is 0 Å². The van der Waals surface area contributed by atoms with Gasteiger partial charge in [0.2, 0.25) is 0 Å². The van der Waals surface area contributed by atoms with Crippen LogP contribution in [0.3, 0.4) is 0 Å². The van der Waals surface area contributed by atoms with E-state index in [1.807, 2.05) is 0 Å². The van der Waals surface area contributed by atoms with Gasteiger partial charge in [-0.3, -0.25) is 0 Å². The van der Waals surface area contributed by atoms with Crippen LogP contribution in [0.2, 0.25) is 0 Å². The Morgan fingerprint density at radius 1 is 1.00 bits per heavy atom. The van der Waals surface area contributed by atoms with Gasteiger partial charge < -0.3 is 0 Å². The molecule has 3 saturated carbocycles. The fourth-order valence-electron chi connectivity index (χ4n) is 2.71. The van der Waals surface area contributed by atoms with Gasteiger partial charge in [-0.05, 0) is 37.0 Å². The van der Waals surface area contributed by atoms with Crippen LogP contribution in [0.25, 0.3) is 0 Å². The number of rotatable bonds is 0. The maximum absolute atomic E-state index is 2.44. The largest absolute Gasteiger partial charge is 0.0622 e. The van der Waals surface area contributed by atoms with Crippen molar-refractivity contribution in [2.45, 2.75) is 39.0 Å². The van der Waals surface area contributed by atoms with Crippen LogP contribution in [0.5, 0.6) is 0 Å². The van der Waals surface area contributed by atoms with Gasteiger partial charge in [-0.25, -0.2) is 0 Å². The first kappa shape index (κ1) is 5.76. The summed E-state index contributed by atoms with van der Waals surface area (Å²) in [5, 5.41) is 0. The summed E-state index contributed by atoms with van der Waals surface area (Å²) >= 11 is 0. The lowest BCUT2D eigenvalue weighted by molar-refractivity contribution is 0.111. The van der Waals surface area contributed by atoms with Crippen molar-refractivity contribution >= 4 is 0 Å². The van der Waals surface area contributed by atoms with Crippen molar-refractivity contribution in [3.63, 3.8) is 0 Å². The molecule has 0 radical (unpaired) electrons. The molecule has 0 unspecified atom stereocenters. The molecule has 0 amide bonds. The van der Waals surface area contributed by atoms with E-state index in [-0.39, 0.29) is 0 Å². The van der Waals surface area contributed by atoms with Gasteiger partial charge in [0, 0.05) is 0 Å². The molecule has 3 fully saturated rings. The molecule has 0 aromatic rings. The predicted octanol–water partition coefficient (Wildman–Crippen LogP) is 2.83. The van der Waals surface area contributed by atoms with Gasteiger partial charge in [0.1, 0.15) is 0 Å². The summed E-state index contributed by atoms with van der Waals surface area (Å²) in [6, 6.07) is 0. The van der Waals surface area contributed by atoms with Gasteiger partial charge in [0.05, 0.1) is 0 Å². The zero-order chi connectivity index (χ0) is 6.27. The Kier molecular flexibility index (Phi) is 1.28. The molecule has 0 spiro atoms. The van der Waals surface area contributed by atoms with E-state index < -0.39 is 0 Å². The maximum Gasteiger partial charge on any atom is -0.0388 e. The molecule has 0 aliphatic heterocycles. The molecule has 0 saturated heterocycles. The minimum absolute atomic E-state index is 1.07. The van der Waals surface area contributed by atoms with Crippen molar-refractivity contribution < 1.29 is 0 Å². The first-order chi connectivity index (χ1) is 4.36. The maximum atomic E-state index is 2.44. The van der Waals surface area contributed by atoms with Crippen LogP contribution in [0, 0.1) is 17.8 Å². The molecule has 9 heavy (non-hydrogen) atoms. The third-order valence-electron chi connectivity index (χ3n) is 3.40. The highest BCUT2D eigenvalue weighted by atomic mass is 14.4. The van der Waals surface area contributed by atoms with Crippen molar-refractivity contribution in [3.05, 3.63) is 0 Å². The zero-order valence-electron chi connectivity index (χ0n) is 6.27. The van der Waals surface area contributed by atoms with Gasteiger partial charge in [-0.2, -0.15) is 0 Å². The Labute approximate surface area is 57.6 Å². The van der Waals surface area contributed by atoms with E-state index in [1.54, 1.807) is 32.1 Å². The van der Waals surface area contributed by atoms with Gasteiger partial charge in [0.15, 0.2) is 0 Å². The summed E-state index contributed by atoms with van der Waals surface area (Å²) in [5.41, 5.74) is 0. The third-order valence-corrected chi connectivity index (χ3v) is 3.40. The molecular formula is C9H16. The molecule has 3 aliphatic carbocycles. The number of hydrogen-bond acceptors (Lipinski definition) is 0. The molecule has 0 heteroatoms. The summed E-state index contributed by atoms with van der Waals surface area (Å²) < 4.78 is 0. The summed E-state index contributed by atoms with van der Waals surface area (Å²) in [6.07, 6.45) is 7.74. The second-order valence-corrected chi connectivity index (χ2v) is 3.99. The van der Waals surface area contributed by atoms with Crippen molar-refractivity contribution in [1.82, 2.24) is 0 Å². The fraction of sp³-hybridized carbons (Fsp3) is 1.00. The van der Waals surface area contributed by atoms with Gasteiger partial charge in [-0.15, -0.1) is 0 Å². The number of hydrogen-bond donors (Lipinski definition) is 0. The van der Waals surface area contributed by atoms with Crippen LogP contribution in [0.15, 0.2) is 0 Å². The minimum Gasteiger partial charge on any atom is -0.0622 e. The van der Waals surface area contributed by atoms with E-state index in [1.165, 1.54) is 0 Å². The molecule has 52 valence electrons. The average Bonchev–Trinajstić information content (AvgIpc) is 1.90. The molecule has 0 aromatic heterocycles. The molecule has 0 aromatic carbocycles. The van der Waals surface area contributed by atoms with Crippen LogP contribution in [0.1, 0.15) is 39.0 Å². The van der Waals surface area contributed by atoms with Crippen molar-refractivity contribution in [1.29, 1.82) is 0 Å². The normalized spacial score (nSPS) is 49.7. The highest BCUT2D eigenvalue weighted by molar-refractivity contribution is 4.83. The standard InChI is InChI=1S/C9H16/c1-7-6-8-2-4-9(7)5-3-8/h7-9H,2-6H2,1H3/t7-,8?,9?/m0/s1. The van der Waals surface area contributed by atoms with E-state index in [0.717, 1.165) is 17.8 Å². The highest BCUT2D eigenvalue weighted by Gasteiger charge is 2.32. The molecule has 0 nitrogen and oxygen atoms in total. The monoisotopic (exact) mass is 124 g/mol. The Hall–Kier alpha value is 0. The van der Waals surface area contributed by atoms with Crippen LogP contribution >= 0.6 is 0 Å². The van der Waals surface area contributed by atoms with Crippen molar-refractivity contribution in [2.75, 3.05) is 0 Å². The fourth-order valence-corrected chi connectivity index (χ4v) is 2.71. The van der Waals surface area contributed by atoms with E-state index >= 15 is 0 Å². The minimum atomic E-state index is 1.07. The average molecular weight is 124 g/mol. The molecule has 2 bridgehead atoms. The lowest BCUT2D eigenvalue weighted by Gasteiger charge is -2.40. The van der Waals surface area contributed by atoms with E-state index in [0.29, 0.717) is 0 Å². The first-order valence-corrected chi connectivity index (χ1v) is 4.36. The van der Waals surface area contributed by atoms with Crippen LogP contribution in [-0.2, 0) is 0 Å². The topological polar surface area (TPSA) is 0 Å². The summed E-state index contributed by atoms with van der Waals surface area (Å²) in [7, 11) is 0. The third kappa shape index (κ3) is 0.889. The molecule has 0 heterocycles. The number of fused-ring (bicyclic) bond motifs is 3. The van der Waals surface area contributed by atoms with Crippen LogP contribution < -0.4 is 0 Å². The van der Waals surface area contributed by atoms with E-state index in [4.69, 9.17) is 0 Å². The smallest absolute Gasteiger partial charge is 0.0388 e. The Morgan fingerprint density at radius 3 is 1.89 bits per heavy atom. The van der Waals surface area contributed by atoms with Gasteiger partial charge >= 0.3 is 0 Å². The molecule has 3 aliphatic rings. The van der Waals surface area contributed by atoms with E-state index in [9.17, 15) is 0 Å². The molecular weight excluding hydrogens is 108 g/mol. The first-order valence-electron chi connectivity index (χ1n) is 4.36. The van der Waals surface area contributed by atoms with Crippen LogP contribution in [0.4, 0.5) is 0 Å². The summed E-state index contributed by atoms with van der Waals surface area (Å²) in [6.45, 7) is 2.44. The van der Waals surface area contributed by atoms with E-state index in [2.05, 4.69) is 6.92 Å². The SMILES string of the molecule is C[C@H]1CC2CCC1CC2. The molecule has 3 rings (SSSR count). The molecule has 1 atom stereocenters. The Balaban J connectivity index is 2.06. The van der Waals surface area contributed by atoms with Crippen molar-refractivity contribution in [2.24, 2.45) is 17.8 Å².